The van der Waals surface area contributed by atoms with Gasteiger partial charge in [0.15, 0.2) is 0 Å². The molecular formula is C16H18N2O2S. The molecule has 4 nitrogen and oxygen atoms in total. The maximum atomic E-state index is 12.4. The van der Waals surface area contributed by atoms with Crippen molar-refractivity contribution >= 4 is 17.2 Å². The fourth-order valence-electron chi connectivity index (χ4n) is 2.40. The third-order valence-corrected chi connectivity index (χ3v) is 4.42. The Morgan fingerprint density at radius 2 is 2.14 bits per heavy atom. The number of benzene rings is 1. The van der Waals surface area contributed by atoms with Crippen molar-refractivity contribution < 1.29 is 9.53 Å². The van der Waals surface area contributed by atoms with Crippen molar-refractivity contribution in [1.82, 2.24) is 10.6 Å². The van der Waals surface area contributed by atoms with Crippen LogP contribution in [0.15, 0.2) is 47.8 Å². The van der Waals surface area contributed by atoms with Gasteiger partial charge in [-0.2, -0.15) is 0 Å². The van der Waals surface area contributed by atoms with E-state index in [2.05, 4.69) is 10.6 Å². The van der Waals surface area contributed by atoms with E-state index in [1.807, 2.05) is 47.8 Å². The lowest BCUT2D eigenvalue weighted by molar-refractivity contribution is -0.126. The van der Waals surface area contributed by atoms with Crippen LogP contribution in [0.4, 0.5) is 0 Å². The Morgan fingerprint density at radius 3 is 2.81 bits per heavy atom. The normalized spacial score (nSPS) is 19.9. The van der Waals surface area contributed by atoms with E-state index < -0.39 is 0 Å². The number of ether oxygens (including phenoxy) is 1. The van der Waals surface area contributed by atoms with E-state index in [1.165, 1.54) is 0 Å². The summed E-state index contributed by atoms with van der Waals surface area (Å²) < 4.78 is 5.36. The van der Waals surface area contributed by atoms with Gasteiger partial charge < -0.3 is 15.4 Å². The molecule has 1 saturated heterocycles. The molecule has 1 amide bonds. The molecule has 2 N–H and O–H groups in total. The number of amides is 1. The van der Waals surface area contributed by atoms with Crippen molar-refractivity contribution in [2.75, 3.05) is 19.8 Å². The van der Waals surface area contributed by atoms with Crippen LogP contribution in [0.1, 0.15) is 16.5 Å². The van der Waals surface area contributed by atoms with Gasteiger partial charge in [0.2, 0.25) is 5.91 Å². The van der Waals surface area contributed by atoms with E-state index in [0.29, 0.717) is 19.8 Å². The Kier molecular flexibility index (Phi) is 4.65. The van der Waals surface area contributed by atoms with Crippen LogP contribution in [-0.4, -0.2) is 31.7 Å². The third kappa shape index (κ3) is 3.50. The van der Waals surface area contributed by atoms with E-state index in [0.717, 1.165) is 10.4 Å². The zero-order valence-corrected chi connectivity index (χ0v) is 12.4. The van der Waals surface area contributed by atoms with Crippen molar-refractivity contribution in [1.29, 1.82) is 0 Å². The summed E-state index contributed by atoms with van der Waals surface area (Å²) in [6.07, 6.45) is 0. The second-order valence-electron chi connectivity index (χ2n) is 4.95. The first-order valence-electron chi connectivity index (χ1n) is 7.04. The summed E-state index contributed by atoms with van der Waals surface area (Å²) in [6.45, 7) is 1.81. The molecule has 1 aromatic carbocycles. The second-order valence-corrected chi connectivity index (χ2v) is 5.93. The number of morpholine rings is 1. The van der Waals surface area contributed by atoms with Crippen molar-refractivity contribution in [2.45, 2.75) is 12.1 Å². The Labute approximate surface area is 128 Å². The molecule has 1 aliphatic heterocycles. The molecule has 0 bridgehead atoms. The summed E-state index contributed by atoms with van der Waals surface area (Å²) >= 11 is 1.65. The molecule has 3 rings (SSSR count). The van der Waals surface area contributed by atoms with Gasteiger partial charge in [0.05, 0.1) is 19.3 Å². The van der Waals surface area contributed by atoms with Gasteiger partial charge in [0, 0.05) is 11.4 Å². The van der Waals surface area contributed by atoms with Crippen LogP contribution in [0.2, 0.25) is 0 Å². The van der Waals surface area contributed by atoms with Gasteiger partial charge in [-0.3, -0.25) is 4.79 Å². The molecule has 0 radical (unpaired) electrons. The first-order valence-corrected chi connectivity index (χ1v) is 7.92. The fourth-order valence-corrected chi connectivity index (χ4v) is 3.20. The average molecular weight is 302 g/mol. The SMILES string of the molecule is O=C(NC(c1ccccc1)c1cccs1)C1COCCN1. The second kappa shape index (κ2) is 6.85. The molecule has 110 valence electrons. The molecule has 2 atom stereocenters. The Bertz CT molecular complexity index is 565. The van der Waals surface area contributed by atoms with Crippen molar-refractivity contribution in [3.05, 3.63) is 58.3 Å². The third-order valence-electron chi connectivity index (χ3n) is 3.49. The number of nitrogens with one attached hydrogen (secondary N) is 2. The maximum absolute atomic E-state index is 12.4. The minimum Gasteiger partial charge on any atom is -0.378 e. The molecule has 0 aliphatic carbocycles. The average Bonchev–Trinajstić information content (AvgIpc) is 3.08. The predicted molar refractivity (Wildman–Crippen MR) is 83.4 cm³/mol. The number of carbonyl (C=O) groups is 1. The predicted octanol–water partition coefficient (Wildman–Crippen LogP) is 1.94. The van der Waals surface area contributed by atoms with Crippen molar-refractivity contribution in [3.63, 3.8) is 0 Å². The summed E-state index contributed by atoms with van der Waals surface area (Å²) in [5, 5.41) is 8.35. The topological polar surface area (TPSA) is 50.4 Å². The highest BCUT2D eigenvalue weighted by Crippen LogP contribution is 2.26. The molecule has 0 saturated carbocycles. The van der Waals surface area contributed by atoms with Crippen molar-refractivity contribution in [3.8, 4) is 0 Å². The quantitative estimate of drug-likeness (QED) is 0.907. The zero-order valence-electron chi connectivity index (χ0n) is 11.6. The number of carbonyl (C=O) groups excluding carboxylic acids is 1. The van der Waals surface area contributed by atoms with E-state index in [4.69, 9.17) is 4.74 Å². The van der Waals surface area contributed by atoms with Crippen LogP contribution in [0.3, 0.4) is 0 Å². The standard InChI is InChI=1S/C16H18N2O2S/c19-16(13-11-20-9-8-17-13)18-15(14-7-4-10-21-14)12-5-2-1-3-6-12/h1-7,10,13,15,17H,8-9,11H2,(H,18,19). The van der Waals surface area contributed by atoms with Crippen LogP contribution in [0.25, 0.3) is 0 Å². The van der Waals surface area contributed by atoms with E-state index in [-0.39, 0.29) is 18.0 Å². The molecule has 1 fully saturated rings. The maximum Gasteiger partial charge on any atom is 0.240 e. The zero-order chi connectivity index (χ0) is 14.5. The highest BCUT2D eigenvalue weighted by Gasteiger charge is 2.25. The molecule has 0 spiro atoms. The molecule has 2 aromatic rings. The highest BCUT2D eigenvalue weighted by atomic mass is 32.1. The minimum atomic E-state index is -0.273. The largest absolute Gasteiger partial charge is 0.378 e. The highest BCUT2D eigenvalue weighted by molar-refractivity contribution is 7.10. The molecular weight excluding hydrogens is 284 g/mol. The molecule has 5 heteroatoms. The summed E-state index contributed by atoms with van der Waals surface area (Å²) in [4.78, 5) is 13.6. The lowest BCUT2D eigenvalue weighted by Gasteiger charge is -2.26. The Hall–Kier alpha value is -1.69. The van der Waals surface area contributed by atoms with Crippen LogP contribution >= 0.6 is 11.3 Å². The molecule has 2 unspecified atom stereocenters. The van der Waals surface area contributed by atoms with Crippen LogP contribution in [0, 0.1) is 0 Å². The van der Waals surface area contributed by atoms with Gasteiger partial charge in [0.1, 0.15) is 6.04 Å². The number of hydrogen-bond donors (Lipinski definition) is 2. The van der Waals surface area contributed by atoms with Gasteiger partial charge in [-0.1, -0.05) is 36.4 Å². The van der Waals surface area contributed by atoms with Crippen LogP contribution in [0.5, 0.6) is 0 Å². The van der Waals surface area contributed by atoms with E-state index in [9.17, 15) is 4.79 Å². The fraction of sp³-hybridized carbons (Fsp3) is 0.312. The summed E-state index contributed by atoms with van der Waals surface area (Å²) in [5.74, 6) is -0.0167. The van der Waals surface area contributed by atoms with Gasteiger partial charge in [-0.05, 0) is 17.0 Å². The monoisotopic (exact) mass is 302 g/mol. The molecule has 2 heterocycles. The van der Waals surface area contributed by atoms with Crippen LogP contribution < -0.4 is 10.6 Å². The van der Waals surface area contributed by atoms with Gasteiger partial charge in [-0.15, -0.1) is 11.3 Å². The van der Waals surface area contributed by atoms with Crippen LogP contribution in [-0.2, 0) is 9.53 Å². The molecule has 1 aliphatic rings. The van der Waals surface area contributed by atoms with E-state index >= 15 is 0 Å². The van der Waals surface area contributed by atoms with Gasteiger partial charge >= 0.3 is 0 Å². The van der Waals surface area contributed by atoms with Crippen molar-refractivity contribution in [2.24, 2.45) is 0 Å². The smallest absolute Gasteiger partial charge is 0.240 e. The molecule has 1 aromatic heterocycles. The summed E-state index contributed by atoms with van der Waals surface area (Å²) in [7, 11) is 0. The molecule has 21 heavy (non-hydrogen) atoms. The Balaban J connectivity index is 1.78. The van der Waals surface area contributed by atoms with E-state index in [1.54, 1.807) is 11.3 Å². The number of thiophene rings is 1. The number of rotatable bonds is 4. The lowest BCUT2D eigenvalue weighted by atomic mass is 10.0. The van der Waals surface area contributed by atoms with Gasteiger partial charge in [-0.25, -0.2) is 0 Å². The van der Waals surface area contributed by atoms with Gasteiger partial charge in [0.25, 0.3) is 0 Å². The Morgan fingerprint density at radius 1 is 1.29 bits per heavy atom. The lowest BCUT2D eigenvalue weighted by Crippen LogP contribution is -2.51. The minimum absolute atomic E-state index is 0.0167. The number of hydrogen-bond acceptors (Lipinski definition) is 4. The first kappa shape index (κ1) is 14.3. The summed E-state index contributed by atoms with van der Waals surface area (Å²) in [6, 6.07) is 13.7. The summed E-state index contributed by atoms with van der Waals surface area (Å²) in [5.41, 5.74) is 1.09. The first-order chi connectivity index (χ1) is 10.3.